The smallest absolute Gasteiger partial charge is 0.416 e. The molecule has 3 rings (SSSR count). The van der Waals surface area contributed by atoms with E-state index in [-0.39, 0.29) is 28.2 Å². The topological polar surface area (TPSA) is 35.5 Å². The average Bonchev–Trinajstić information content (AvgIpc) is 2.61. The van der Waals surface area contributed by atoms with Gasteiger partial charge in [0.25, 0.3) is 0 Å². The minimum atomic E-state index is -4.56. The van der Waals surface area contributed by atoms with Gasteiger partial charge in [0.15, 0.2) is 11.5 Å². The maximum atomic E-state index is 12.8. The third-order valence-electron chi connectivity index (χ3n) is 3.77. The molecule has 0 spiro atoms. The Morgan fingerprint density at radius 3 is 2.07 bits per heavy atom. The second-order valence-electron chi connectivity index (χ2n) is 6.03. The standard InChI is InChI=1S/C20H13Cl2F3O3/c1-11(26)10-27-15-4-2-12-3-5-16(7-13(12)6-15)28-19-17(21)8-14(9-18(19)22)20(23,24)25/h2-9H,10H2,1H3. The Bertz CT molecular complexity index is 1030. The van der Waals surface area contributed by atoms with Gasteiger partial charge in [0.2, 0.25) is 0 Å². The van der Waals surface area contributed by atoms with Gasteiger partial charge in [-0.05, 0) is 54.1 Å². The zero-order valence-electron chi connectivity index (χ0n) is 14.4. The van der Waals surface area contributed by atoms with Crippen LogP contribution < -0.4 is 9.47 Å². The summed E-state index contributed by atoms with van der Waals surface area (Å²) in [6.45, 7) is 1.38. The second kappa shape index (κ2) is 7.89. The van der Waals surface area contributed by atoms with Crippen molar-refractivity contribution in [1.82, 2.24) is 0 Å². The Labute approximate surface area is 168 Å². The van der Waals surface area contributed by atoms with Gasteiger partial charge < -0.3 is 9.47 Å². The van der Waals surface area contributed by atoms with E-state index in [4.69, 9.17) is 32.7 Å². The summed E-state index contributed by atoms with van der Waals surface area (Å²) in [5.74, 6) is 0.661. The molecule has 0 saturated carbocycles. The number of hydrogen-bond acceptors (Lipinski definition) is 3. The molecule has 28 heavy (non-hydrogen) atoms. The van der Waals surface area contributed by atoms with Gasteiger partial charge in [0, 0.05) is 0 Å². The van der Waals surface area contributed by atoms with Gasteiger partial charge in [0.05, 0.1) is 15.6 Å². The van der Waals surface area contributed by atoms with E-state index >= 15 is 0 Å². The van der Waals surface area contributed by atoms with Crippen molar-refractivity contribution in [2.75, 3.05) is 6.61 Å². The SMILES string of the molecule is CC(=O)COc1ccc2ccc(Oc3c(Cl)cc(C(F)(F)F)cc3Cl)cc2c1. The highest BCUT2D eigenvalue weighted by Crippen LogP contribution is 2.42. The maximum Gasteiger partial charge on any atom is 0.416 e. The number of fused-ring (bicyclic) bond motifs is 1. The van der Waals surface area contributed by atoms with Gasteiger partial charge in [-0.1, -0.05) is 35.3 Å². The number of carbonyl (C=O) groups excluding carboxylic acids is 1. The summed E-state index contributed by atoms with van der Waals surface area (Å²) in [6.07, 6.45) is -4.56. The molecule has 0 aliphatic carbocycles. The lowest BCUT2D eigenvalue weighted by atomic mass is 10.1. The molecule has 0 aliphatic heterocycles. The lowest BCUT2D eigenvalue weighted by Crippen LogP contribution is -2.06. The summed E-state index contributed by atoms with van der Waals surface area (Å²) >= 11 is 11.9. The van der Waals surface area contributed by atoms with E-state index in [0.717, 1.165) is 22.9 Å². The van der Waals surface area contributed by atoms with Gasteiger partial charge in [-0.2, -0.15) is 13.2 Å². The number of carbonyl (C=O) groups is 1. The van der Waals surface area contributed by atoms with Crippen LogP contribution in [0.15, 0.2) is 48.5 Å². The first-order valence-corrected chi connectivity index (χ1v) is 8.79. The molecule has 146 valence electrons. The molecule has 0 heterocycles. The van der Waals surface area contributed by atoms with Crippen LogP contribution in [0.1, 0.15) is 12.5 Å². The highest BCUT2D eigenvalue weighted by molar-refractivity contribution is 6.37. The van der Waals surface area contributed by atoms with Crippen molar-refractivity contribution in [3.8, 4) is 17.2 Å². The van der Waals surface area contributed by atoms with Gasteiger partial charge in [-0.25, -0.2) is 0 Å². The molecule has 0 aromatic heterocycles. The molecule has 0 unspecified atom stereocenters. The van der Waals surface area contributed by atoms with Crippen LogP contribution in [0.25, 0.3) is 10.8 Å². The van der Waals surface area contributed by atoms with Crippen LogP contribution >= 0.6 is 23.2 Å². The Kier molecular flexibility index (Phi) is 5.72. The molecule has 0 aliphatic rings. The maximum absolute atomic E-state index is 12.8. The largest absolute Gasteiger partial charge is 0.486 e. The van der Waals surface area contributed by atoms with E-state index in [1.54, 1.807) is 30.3 Å². The van der Waals surface area contributed by atoms with Crippen LogP contribution in [0, 0.1) is 0 Å². The summed E-state index contributed by atoms with van der Waals surface area (Å²) in [6, 6.07) is 11.9. The highest BCUT2D eigenvalue weighted by atomic mass is 35.5. The van der Waals surface area contributed by atoms with E-state index < -0.39 is 11.7 Å². The normalized spacial score (nSPS) is 11.5. The molecule has 3 aromatic carbocycles. The number of Topliss-reactive ketones (excluding diaryl/α,β-unsaturated/α-hetero) is 1. The van der Waals surface area contributed by atoms with Crippen molar-refractivity contribution < 1.29 is 27.4 Å². The first-order valence-electron chi connectivity index (χ1n) is 8.03. The van der Waals surface area contributed by atoms with E-state index in [9.17, 15) is 18.0 Å². The molecule has 8 heteroatoms. The van der Waals surface area contributed by atoms with Crippen LogP contribution in [0.5, 0.6) is 17.2 Å². The minimum Gasteiger partial charge on any atom is -0.486 e. The molecule has 3 nitrogen and oxygen atoms in total. The summed E-state index contributed by atoms with van der Waals surface area (Å²) in [5.41, 5.74) is -0.958. The van der Waals surface area contributed by atoms with Crippen molar-refractivity contribution >= 4 is 39.8 Å². The zero-order chi connectivity index (χ0) is 20.5. The molecule has 0 amide bonds. The zero-order valence-corrected chi connectivity index (χ0v) is 16.0. The lowest BCUT2D eigenvalue weighted by Gasteiger charge is -2.14. The quantitative estimate of drug-likeness (QED) is 0.442. The third kappa shape index (κ3) is 4.69. The Morgan fingerprint density at radius 2 is 1.50 bits per heavy atom. The molecular formula is C20H13Cl2F3O3. The van der Waals surface area contributed by atoms with Gasteiger partial charge in [-0.3, -0.25) is 4.79 Å². The Morgan fingerprint density at radius 1 is 0.929 bits per heavy atom. The molecule has 0 N–H and O–H groups in total. The van der Waals surface area contributed by atoms with E-state index in [0.29, 0.717) is 11.5 Å². The number of rotatable bonds is 5. The molecule has 0 saturated heterocycles. The van der Waals surface area contributed by atoms with Crippen molar-refractivity contribution in [3.05, 3.63) is 64.1 Å². The first kappa shape index (κ1) is 20.3. The van der Waals surface area contributed by atoms with Crippen molar-refractivity contribution in [2.24, 2.45) is 0 Å². The fourth-order valence-corrected chi connectivity index (χ4v) is 3.04. The molecule has 0 fully saturated rings. The summed E-state index contributed by atoms with van der Waals surface area (Å²) in [7, 11) is 0. The van der Waals surface area contributed by atoms with E-state index in [2.05, 4.69) is 0 Å². The Balaban J connectivity index is 1.91. The Hall–Kier alpha value is -2.44. The number of ketones is 1. The van der Waals surface area contributed by atoms with Crippen LogP contribution in [0.2, 0.25) is 10.0 Å². The fourth-order valence-electron chi connectivity index (χ4n) is 2.48. The molecular weight excluding hydrogens is 416 g/mol. The highest BCUT2D eigenvalue weighted by Gasteiger charge is 2.32. The number of ether oxygens (including phenoxy) is 2. The minimum absolute atomic E-state index is 0.0432. The van der Waals surface area contributed by atoms with Crippen molar-refractivity contribution in [3.63, 3.8) is 0 Å². The monoisotopic (exact) mass is 428 g/mol. The second-order valence-corrected chi connectivity index (χ2v) is 6.84. The van der Waals surface area contributed by atoms with Gasteiger partial charge in [0.1, 0.15) is 18.1 Å². The van der Waals surface area contributed by atoms with Crippen LogP contribution in [0.3, 0.4) is 0 Å². The molecule has 3 aromatic rings. The number of benzene rings is 3. The third-order valence-corrected chi connectivity index (χ3v) is 4.33. The summed E-state index contributed by atoms with van der Waals surface area (Å²) in [4.78, 5) is 11.0. The van der Waals surface area contributed by atoms with Crippen LogP contribution in [-0.2, 0) is 11.0 Å². The van der Waals surface area contributed by atoms with Gasteiger partial charge >= 0.3 is 6.18 Å². The number of alkyl halides is 3. The van der Waals surface area contributed by atoms with Gasteiger partial charge in [-0.15, -0.1) is 0 Å². The van der Waals surface area contributed by atoms with Crippen molar-refractivity contribution in [2.45, 2.75) is 13.1 Å². The molecule has 0 bridgehead atoms. The summed E-state index contributed by atoms with van der Waals surface area (Å²) in [5, 5.41) is 1.13. The number of hydrogen-bond donors (Lipinski definition) is 0. The fraction of sp³-hybridized carbons (Fsp3) is 0.150. The molecule has 0 radical (unpaired) electrons. The lowest BCUT2D eigenvalue weighted by molar-refractivity contribution is -0.137. The predicted octanol–water partition coefficient (Wildman–Crippen LogP) is 6.93. The van der Waals surface area contributed by atoms with Crippen molar-refractivity contribution in [1.29, 1.82) is 0 Å². The molecule has 0 atom stereocenters. The number of halogens is 5. The van der Waals surface area contributed by atoms with Crippen LogP contribution in [-0.4, -0.2) is 12.4 Å². The summed E-state index contributed by atoms with van der Waals surface area (Å²) < 4.78 is 49.5. The van der Waals surface area contributed by atoms with E-state index in [1.165, 1.54) is 6.92 Å². The van der Waals surface area contributed by atoms with E-state index in [1.807, 2.05) is 6.07 Å². The van der Waals surface area contributed by atoms with Crippen LogP contribution in [0.4, 0.5) is 13.2 Å². The first-order chi connectivity index (χ1) is 13.1. The predicted molar refractivity (Wildman–Crippen MR) is 102 cm³/mol. The average molecular weight is 429 g/mol.